The molecular weight excluding hydrogens is 166 g/mol. The zero-order chi connectivity index (χ0) is 10.6. The van der Waals surface area contributed by atoms with Crippen molar-refractivity contribution in [3.63, 3.8) is 0 Å². The van der Waals surface area contributed by atoms with Crippen LogP contribution in [-0.4, -0.2) is 35.0 Å². The molecule has 0 aliphatic heterocycles. The molecule has 0 saturated carbocycles. The molecule has 0 aliphatic carbocycles. The number of carbonyl (C=O) groups excluding carboxylic acids is 1. The molecule has 6 heteroatoms. The minimum atomic E-state index is -0.833. The van der Waals surface area contributed by atoms with Crippen molar-refractivity contribution in [2.24, 2.45) is 5.73 Å². The Morgan fingerprint density at radius 3 is 1.33 bits per heavy atom. The molecule has 12 heavy (non-hydrogen) atoms. The molecule has 0 saturated heterocycles. The van der Waals surface area contributed by atoms with E-state index < -0.39 is 11.9 Å². The second-order valence-corrected chi connectivity index (χ2v) is 1.44. The predicted molar refractivity (Wildman–Crippen MR) is 41.7 cm³/mol. The topological polar surface area (TPSA) is 118 Å². The number of aldehydes is 1. The Bertz CT molecular complexity index is 114. The van der Waals surface area contributed by atoms with Gasteiger partial charge in [0.1, 0.15) is 6.29 Å². The Morgan fingerprint density at radius 1 is 1.25 bits per heavy atom. The van der Waals surface area contributed by atoms with Gasteiger partial charge in [-0.05, 0) is 0 Å². The van der Waals surface area contributed by atoms with Crippen LogP contribution in [0.2, 0.25) is 0 Å². The maximum Gasteiger partial charge on any atom is 0.300 e. The van der Waals surface area contributed by atoms with Crippen molar-refractivity contribution in [1.29, 1.82) is 0 Å². The molecule has 6 nitrogen and oxygen atoms in total. The SMILES string of the molecule is CC(=O)O.CC(=O)O.NCC=O. The molecule has 0 fully saturated rings. The van der Waals surface area contributed by atoms with Gasteiger partial charge in [0.2, 0.25) is 0 Å². The Hall–Kier alpha value is -1.43. The van der Waals surface area contributed by atoms with Crippen molar-refractivity contribution in [2.75, 3.05) is 6.54 Å². The van der Waals surface area contributed by atoms with Crippen molar-refractivity contribution < 1.29 is 24.6 Å². The fourth-order valence-corrected chi connectivity index (χ4v) is 0. The van der Waals surface area contributed by atoms with E-state index in [1.54, 1.807) is 0 Å². The number of carboxylic acids is 2. The van der Waals surface area contributed by atoms with Gasteiger partial charge in [-0.1, -0.05) is 0 Å². The second kappa shape index (κ2) is 16.3. The summed E-state index contributed by atoms with van der Waals surface area (Å²) >= 11 is 0. The molecule has 0 atom stereocenters. The van der Waals surface area contributed by atoms with E-state index in [0.717, 1.165) is 13.8 Å². The molecule has 0 heterocycles. The van der Waals surface area contributed by atoms with Crippen molar-refractivity contribution in [1.82, 2.24) is 0 Å². The lowest BCUT2D eigenvalue weighted by molar-refractivity contribution is -0.135. The molecule has 0 aromatic rings. The average Bonchev–Trinajstić information content (AvgIpc) is 1.85. The van der Waals surface area contributed by atoms with Crippen LogP contribution in [0.25, 0.3) is 0 Å². The molecule has 0 radical (unpaired) electrons. The highest BCUT2D eigenvalue weighted by molar-refractivity contribution is 5.63. The smallest absolute Gasteiger partial charge is 0.300 e. The highest BCUT2D eigenvalue weighted by Crippen LogP contribution is 1.42. The highest BCUT2D eigenvalue weighted by Gasteiger charge is 1.65. The first-order chi connectivity index (χ1) is 5.38. The van der Waals surface area contributed by atoms with Crippen LogP contribution in [0, 0.1) is 0 Å². The van der Waals surface area contributed by atoms with Crippen molar-refractivity contribution in [3.05, 3.63) is 0 Å². The average molecular weight is 179 g/mol. The number of hydrogen-bond donors (Lipinski definition) is 3. The summed E-state index contributed by atoms with van der Waals surface area (Å²) in [6.45, 7) is 2.31. The van der Waals surface area contributed by atoms with Crippen LogP contribution in [0.4, 0.5) is 0 Å². The van der Waals surface area contributed by atoms with Gasteiger partial charge in [-0.15, -0.1) is 0 Å². The maximum absolute atomic E-state index is 9.05. The Labute approximate surface area is 70.0 Å². The molecule has 0 aromatic heterocycles. The van der Waals surface area contributed by atoms with Gasteiger partial charge in [0.25, 0.3) is 11.9 Å². The van der Waals surface area contributed by atoms with Crippen LogP contribution in [-0.2, 0) is 14.4 Å². The van der Waals surface area contributed by atoms with Crippen LogP contribution in [0.1, 0.15) is 13.8 Å². The molecule has 0 aromatic carbocycles. The van der Waals surface area contributed by atoms with Crippen molar-refractivity contribution in [2.45, 2.75) is 13.8 Å². The predicted octanol–water partition coefficient (Wildman–Crippen LogP) is -0.674. The zero-order valence-electron chi connectivity index (χ0n) is 6.98. The molecule has 72 valence electrons. The van der Waals surface area contributed by atoms with Crippen LogP contribution in [0.15, 0.2) is 0 Å². The maximum atomic E-state index is 9.05. The van der Waals surface area contributed by atoms with Crippen molar-refractivity contribution >= 4 is 18.2 Å². The van der Waals surface area contributed by atoms with Crippen LogP contribution in [0.5, 0.6) is 0 Å². The minimum Gasteiger partial charge on any atom is -0.481 e. The fourth-order valence-electron chi connectivity index (χ4n) is 0. The van der Waals surface area contributed by atoms with Gasteiger partial charge >= 0.3 is 0 Å². The quantitative estimate of drug-likeness (QED) is 0.459. The van der Waals surface area contributed by atoms with Crippen LogP contribution >= 0.6 is 0 Å². The molecular formula is C6H13NO5. The number of rotatable bonds is 1. The number of carboxylic acid groups (broad SMARTS) is 2. The van der Waals surface area contributed by atoms with Crippen LogP contribution < -0.4 is 5.73 Å². The lowest BCUT2D eigenvalue weighted by Gasteiger charge is -1.59. The lowest BCUT2D eigenvalue weighted by atomic mass is 10.8. The van der Waals surface area contributed by atoms with Gasteiger partial charge in [-0.3, -0.25) is 9.59 Å². The summed E-state index contributed by atoms with van der Waals surface area (Å²) < 4.78 is 0. The van der Waals surface area contributed by atoms with Gasteiger partial charge in [0.05, 0.1) is 0 Å². The third-order valence-corrected chi connectivity index (χ3v) is 0.0962. The summed E-state index contributed by atoms with van der Waals surface area (Å²) in [6.07, 6.45) is 0.653. The first-order valence-electron chi connectivity index (χ1n) is 2.91. The lowest BCUT2D eigenvalue weighted by Crippen LogP contribution is -1.97. The van der Waals surface area contributed by atoms with E-state index in [1.165, 1.54) is 0 Å². The van der Waals surface area contributed by atoms with Gasteiger partial charge in [-0.25, -0.2) is 0 Å². The van der Waals surface area contributed by atoms with Gasteiger partial charge in [0, 0.05) is 20.4 Å². The normalized spacial score (nSPS) is 6.25. The molecule has 0 spiro atoms. The molecule has 0 amide bonds. The summed E-state index contributed by atoms with van der Waals surface area (Å²) in [7, 11) is 0. The van der Waals surface area contributed by atoms with E-state index in [2.05, 4.69) is 5.73 Å². The Kier molecular flexibility index (Phi) is 22.9. The zero-order valence-corrected chi connectivity index (χ0v) is 6.98. The van der Waals surface area contributed by atoms with Gasteiger partial charge < -0.3 is 20.7 Å². The summed E-state index contributed by atoms with van der Waals surface area (Å²) in [6, 6.07) is 0. The van der Waals surface area contributed by atoms with E-state index >= 15 is 0 Å². The molecule has 0 bridgehead atoms. The molecule has 0 unspecified atom stereocenters. The van der Waals surface area contributed by atoms with E-state index in [-0.39, 0.29) is 6.54 Å². The summed E-state index contributed by atoms with van der Waals surface area (Å²) in [5.41, 5.74) is 4.66. The number of carbonyl (C=O) groups is 3. The number of nitrogens with two attached hydrogens (primary N) is 1. The van der Waals surface area contributed by atoms with E-state index in [1.807, 2.05) is 0 Å². The third-order valence-electron chi connectivity index (χ3n) is 0.0962. The number of hydrogen-bond acceptors (Lipinski definition) is 4. The standard InChI is InChI=1S/C2H5NO.2C2H4O2/c3-1-2-4;2*1-2(3)4/h2H,1,3H2;2*1H3,(H,3,4). The molecule has 0 rings (SSSR count). The van der Waals surface area contributed by atoms with Gasteiger partial charge in [0.15, 0.2) is 0 Å². The van der Waals surface area contributed by atoms with E-state index in [9.17, 15) is 0 Å². The summed E-state index contributed by atoms with van der Waals surface area (Å²) in [4.78, 5) is 27.0. The molecule has 0 aliphatic rings. The van der Waals surface area contributed by atoms with E-state index in [0.29, 0.717) is 6.29 Å². The molecule has 4 N–H and O–H groups in total. The first-order valence-corrected chi connectivity index (χ1v) is 2.91. The van der Waals surface area contributed by atoms with Crippen LogP contribution in [0.3, 0.4) is 0 Å². The van der Waals surface area contributed by atoms with Gasteiger partial charge in [-0.2, -0.15) is 0 Å². The summed E-state index contributed by atoms with van der Waals surface area (Å²) in [5, 5.41) is 14.8. The number of aliphatic carboxylic acids is 2. The Morgan fingerprint density at radius 2 is 1.33 bits per heavy atom. The largest absolute Gasteiger partial charge is 0.481 e. The summed E-state index contributed by atoms with van der Waals surface area (Å²) in [5.74, 6) is -1.67. The monoisotopic (exact) mass is 179 g/mol. The fraction of sp³-hybridized carbons (Fsp3) is 0.500. The minimum absolute atomic E-state index is 0.139. The highest BCUT2D eigenvalue weighted by atomic mass is 16.4. The Balaban J connectivity index is -0.000000101. The first kappa shape index (κ1) is 16.9. The third kappa shape index (κ3) is 2660. The van der Waals surface area contributed by atoms with E-state index in [4.69, 9.17) is 24.6 Å². The second-order valence-electron chi connectivity index (χ2n) is 1.44. The van der Waals surface area contributed by atoms with Crippen molar-refractivity contribution in [3.8, 4) is 0 Å².